The number of hydrogen-bond donors (Lipinski definition) is 3. The van der Waals surface area contributed by atoms with Crippen LogP contribution >= 0.6 is 0 Å². The molecule has 0 fully saturated rings. The minimum Gasteiger partial charge on any atom is -0.478 e. The van der Waals surface area contributed by atoms with Crippen molar-refractivity contribution in [2.24, 2.45) is 0 Å². The number of nitrogens with one attached hydrogen (secondary N) is 1. The Morgan fingerprint density at radius 3 is 1.96 bits per heavy atom. The molecule has 0 heterocycles. The average molecular weight is 327 g/mol. The summed E-state index contributed by atoms with van der Waals surface area (Å²) in [4.78, 5) is 34.1. The number of carboxylic acid groups (broad SMARTS) is 2. The highest BCUT2D eigenvalue weighted by atomic mass is 16.4. The zero-order chi connectivity index (χ0) is 17.7. The van der Waals surface area contributed by atoms with Crippen molar-refractivity contribution in [3.05, 3.63) is 64.7 Å². The molecule has 6 heteroatoms. The Balaban J connectivity index is 2.06. The molecule has 0 radical (unpaired) electrons. The molecule has 0 spiro atoms. The number of carboxylic acids is 2. The highest BCUT2D eigenvalue weighted by Gasteiger charge is 2.13. The first-order valence-corrected chi connectivity index (χ1v) is 7.32. The lowest BCUT2D eigenvalue weighted by molar-refractivity contribution is -0.116. The Morgan fingerprint density at radius 2 is 1.46 bits per heavy atom. The molecule has 0 saturated heterocycles. The van der Waals surface area contributed by atoms with Gasteiger partial charge >= 0.3 is 11.9 Å². The molecular formula is C18H17NO5. The van der Waals surface area contributed by atoms with E-state index in [1.165, 1.54) is 12.1 Å². The standard InChI is InChI=1S/C18H17NO5/c1-11-2-4-12(5-3-11)6-7-16(20)19-15-9-13(17(21)22)8-14(10-15)18(23)24/h2-5,8-10H,6-7H2,1H3,(H,19,20)(H,21,22)(H,23,24). The summed E-state index contributed by atoms with van der Waals surface area (Å²) in [6.45, 7) is 1.98. The van der Waals surface area contributed by atoms with Crippen molar-refractivity contribution in [1.82, 2.24) is 0 Å². The van der Waals surface area contributed by atoms with Crippen molar-refractivity contribution in [2.45, 2.75) is 19.8 Å². The summed E-state index contributed by atoms with van der Waals surface area (Å²) in [6, 6.07) is 11.3. The van der Waals surface area contributed by atoms with Crippen LogP contribution in [0, 0.1) is 6.92 Å². The third-order valence-corrected chi connectivity index (χ3v) is 3.47. The Morgan fingerprint density at radius 1 is 0.917 bits per heavy atom. The molecule has 2 rings (SSSR count). The summed E-state index contributed by atoms with van der Waals surface area (Å²) in [6.07, 6.45) is 0.749. The number of benzene rings is 2. The van der Waals surface area contributed by atoms with Gasteiger partial charge in [0, 0.05) is 12.1 Å². The van der Waals surface area contributed by atoms with E-state index in [0.717, 1.165) is 17.2 Å². The zero-order valence-corrected chi connectivity index (χ0v) is 13.1. The third kappa shape index (κ3) is 4.67. The van der Waals surface area contributed by atoms with Crippen LogP contribution in [0.15, 0.2) is 42.5 Å². The minimum atomic E-state index is -1.26. The Hall–Kier alpha value is -3.15. The van der Waals surface area contributed by atoms with Gasteiger partial charge in [-0.3, -0.25) is 4.79 Å². The van der Waals surface area contributed by atoms with E-state index in [1.807, 2.05) is 31.2 Å². The van der Waals surface area contributed by atoms with E-state index >= 15 is 0 Å². The number of rotatable bonds is 6. The lowest BCUT2D eigenvalue weighted by Gasteiger charge is -2.08. The van der Waals surface area contributed by atoms with Crippen LogP contribution in [0.5, 0.6) is 0 Å². The molecule has 0 unspecified atom stereocenters. The van der Waals surface area contributed by atoms with Crippen LogP contribution in [0.2, 0.25) is 0 Å². The van der Waals surface area contributed by atoms with E-state index in [9.17, 15) is 14.4 Å². The van der Waals surface area contributed by atoms with E-state index in [0.29, 0.717) is 6.42 Å². The smallest absolute Gasteiger partial charge is 0.335 e. The predicted octanol–water partition coefficient (Wildman–Crippen LogP) is 2.96. The lowest BCUT2D eigenvalue weighted by Crippen LogP contribution is -2.14. The molecule has 0 aliphatic carbocycles. The molecule has 124 valence electrons. The van der Waals surface area contributed by atoms with Crippen LogP contribution in [-0.4, -0.2) is 28.1 Å². The molecule has 6 nitrogen and oxygen atoms in total. The molecule has 0 aliphatic rings. The first kappa shape index (κ1) is 17.2. The predicted molar refractivity (Wildman–Crippen MR) is 88.5 cm³/mol. The number of aromatic carboxylic acids is 2. The van der Waals surface area contributed by atoms with Gasteiger partial charge in [-0.25, -0.2) is 9.59 Å². The molecule has 0 aliphatic heterocycles. The Bertz CT molecular complexity index is 748. The van der Waals surface area contributed by atoms with Crippen LogP contribution in [0.25, 0.3) is 0 Å². The minimum absolute atomic E-state index is 0.154. The molecule has 0 atom stereocenters. The fraction of sp³-hybridized carbons (Fsp3) is 0.167. The molecule has 2 aromatic carbocycles. The maximum absolute atomic E-state index is 12.0. The van der Waals surface area contributed by atoms with Crippen molar-refractivity contribution >= 4 is 23.5 Å². The van der Waals surface area contributed by atoms with Gasteiger partial charge in [0.05, 0.1) is 11.1 Å². The van der Waals surface area contributed by atoms with Crippen LogP contribution in [0.4, 0.5) is 5.69 Å². The van der Waals surface area contributed by atoms with E-state index in [4.69, 9.17) is 10.2 Å². The topological polar surface area (TPSA) is 104 Å². The third-order valence-electron chi connectivity index (χ3n) is 3.47. The van der Waals surface area contributed by atoms with E-state index in [-0.39, 0.29) is 29.1 Å². The number of carbonyl (C=O) groups excluding carboxylic acids is 1. The van der Waals surface area contributed by atoms with E-state index in [2.05, 4.69) is 5.32 Å². The number of carbonyl (C=O) groups is 3. The SMILES string of the molecule is Cc1ccc(CCC(=O)Nc2cc(C(=O)O)cc(C(=O)O)c2)cc1. The van der Waals surface area contributed by atoms with Gasteiger partial charge in [0.25, 0.3) is 0 Å². The van der Waals surface area contributed by atoms with Gasteiger partial charge in [-0.05, 0) is 37.1 Å². The van der Waals surface area contributed by atoms with Crippen molar-refractivity contribution in [2.75, 3.05) is 5.32 Å². The monoisotopic (exact) mass is 327 g/mol. The van der Waals surface area contributed by atoms with Gasteiger partial charge in [-0.1, -0.05) is 29.8 Å². The summed E-state index contributed by atoms with van der Waals surface area (Å²) in [5.41, 5.74) is 1.92. The Kier molecular flexibility index (Phi) is 5.31. The number of anilines is 1. The second kappa shape index (κ2) is 7.41. The van der Waals surface area contributed by atoms with Gasteiger partial charge < -0.3 is 15.5 Å². The second-order valence-electron chi connectivity index (χ2n) is 5.44. The summed E-state index contributed by atoms with van der Waals surface area (Å²) >= 11 is 0. The number of aryl methyl sites for hydroxylation is 2. The van der Waals surface area contributed by atoms with Crippen molar-refractivity contribution in [3.8, 4) is 0 Å². The molecule has 2 aromatic rings. The molecular weight excluding hydrogens is 310 g/mol. The molecule has 0 aromatic heterocycles. The maximum Gasteiger partial charge on any atom is 0.335 e. The van der Waals surface area contributed by atoms with Crippen molar-refractivity contribution in [3.63, 3.8) is 0 Å². The van der Waals surface area contributed by atoms with Gasteiger partial charge in [-0.2, -0.15) is 0 Å². The Labute approximate surface area is 138 Å². The molecule has 1 amide bonds. The highest BCUT2D eigenvalue weighted by Crippen LogP contribution is 2.16. The van der Waals surface area contributed by atoms with E-state index < -0.39 is 11.9 Å². The molecule has 0 saturated carbocycles. The number of hydrogen-bond acceptors (Lipinski definition) is 3. The lowest BCUT2D eigenvalue weighted by atomic mass is 10.1. The van der Waals surface area contributed by atoms with Gasteiger partial charge in [-0.15, -0.1) is 0 Å². The largest absolute Gasteiger partial charge is 0.478 e. The first-order chi connectivity index (χ1) is 11.3. The zero-order valence-electron chi connectivity index (χ0n) is 13.1. The summed E-state index contributed by atoms with van der Waals surface area (Å²) in [7, 11) is 0. The fourth-order valence-corrected chi connectivity index (χ4v) is 2.18. The average Bonchev–Trinajstić information content (AvgIpc) is 2.54. The summed E-state index contributed by atoms with van der Waals surface area (Å²) in [5, 5.41) is 20.6. The number of amides is 1. The summed E-state index contributed by atoms with van der Waals surface area (Å²) < 4.78 is 0. The van der Waals surface area contributed by atoms with Crippen LogP contribution < -0.4 is 5.32 Å². The van der Waals surface area contributed by atoms with Crippen LogP contribution in [0.1, 0.15) is 38.3 Å². The maximum atomic E-state index is 12.0. The molecule has 3 N–H and O–H groups in total. The highest BCUT2D eigenvalue weighted by molar-refractivity contribution is 5.98. The summed E-state index contributed by atoms with van der Waals surface area (Å²) in [5.74, 6) is -2.82. The fourth-order valence-electron chi connectivity index (χ4n) is 2.18. The van der Waals surface area contributed by atoms with Crippen molar-refractivity contribution < 1.29 is 24.6 Å². The van der Waals surface area contributed by atoms with Gasteiger partial charge in [0.2, 0.25) is 5.91 Å². The first-order valence-electron chi connectivity index (χ1n) is 7.32. The molecule has 24 heavy (non-hydrogen) atoms. The molecule has 0 bridgehead atoms. The van der Waals surface area contributed by atoms with Gasteiger partial charge in [0.15, 0.2) is 0 Å². The van der Waals surface area contributed by atoms with Crippen LogP contribution in [0.3, 0.4) is 0 Å². The van der Waals surface area contributed by atoms with E-state index in [1.54, 1.807) is 0 Å². The normalized spacial score (nSPS) is 10.2. The quantitative estimate of drug-likeness (QED) is 0.757. The second-order valence-corrected chi connectivity index (χ2v) is 5.44. The van der Waals surface area contributed by atoms with Crippen LogP contribution in [-0.2, 0) is 11.2 Å². The van der Waals surface area contributed by atoms with Crippen molar-refractivity contribution in [1.29, 1.82) is 0 Å². The van der Waals surface area contributed by atoms with Gasteiger partial charge in [0.1, 0.15) is 0 Å².